The van der Waals surface area contributed by atoms with Gasteiger partial charge >= 0.3 is 0 Å². The van der Waals surface area contributed by atoms with Crippen LogP contribution < -0.4 is 21.4 Å². The van der Waals surface area contributed by atoms with Gasteiger partial charge in [0.2, 0.25) is 0 Å². The molecule has 0 aliphatic heterocycles. The van der Waals surface area contributed by atoms with Crippen molar-refractivity contribution in [3.05, 3.63) is 48.4 Å². The molecule has 2 aromatic heterocycles. The predicted molar refractivity (Wildman–Crippen MR) is 98.2 cm³/mol. The van der Waals surface area contributed by atoms with E-state index in [0.717, 1.165) is 0 Å². The van der Waals surface area contributed by atoms with E-state index in [1.54, 1.807) is 26.2 Å². The monoisotopic (exact) mass is 385 g/mol. The van der Waals surface area contributed by atoms with Crippen LogP contribution in [-0.2, 0) is 4.84 Å². The highest BCUT2D eigenvalue weighted by atomic mass is 19.1. The summed E-state index contributed by atoms with van der Waals surface area (Å²) >= 11 is 0. The van der Waals surface area contributed by atoms with Crippen molar-refractivity contribution in [2.75, 3.05) is 18.5 Å². The maximum Gasteiger partial charge on any atom is 0.297 e. The zero-order valence-electron chi connectivity index (χ0n) is 14.9. The highest BCUT2D eigenvalue weighted by Crippen LogP contribution is 2.23. The van der Waals surface area contributed by atoms with Gasteiger partial charge in [0.25, 0.3) is 5.91 Å². The number of hydroxylamine groups is 1. The summed E-state index contributed by atoms with van der Waals surface area (Å²) in [7, 11) is 1.76. The van der Waals surface area contributed by atoms with E-state index in [9.17, 15) is 14.3 Å². The van der Waals surface area contributed by atoms with Crippen LogP contribution in [0.15, 0.2) is 36.9 Å². The molecule has 0 spiro atoms. The average Bonchev–Trinajstić information content (AvgIpc) is 3.18. The minimum absolute atomic E-state index is 0.0949. The smallest absolute Gasteiger partial charge is 0.297 e. The van der Waals surface area contributed by atoms with E-state index in [1.165, 1.54) is 29.2 Å². The molecule has 3 aromatic rings. The number of nitrogens with one attached hydrogen (secondary N) is 2. The Morgan fingerprint density at radius 1 is 1.46 bits per heavy atom. The number of aromatic nitrogens is 3. The van der Waals surface area contributed by atoms with Crippen LogP contribution in [0, 0.1) is 5.82 Å². The van der Waals surface area contributed by atoms with Gasteiger partial charge in [-0.3, -0.25) is 14.0 Å². The maximum absolute atomic E-state index is 14.4. The number of anilines is 2. The first kappa shape index (κ1) is 19.7. The molecule has 1 aromatic carbocycles. The molecule has 1 amide bonds. The van der Waals surface area contributed by atoms with E-state index in [-0.39, 0.29) is 17.2 Å². The summed E-state index contributed by atoms with van der Waals surface area (Å²) in [6.07, 6.45) is 3.01. The fraction of sp³-hybridized carbons (Fsp3) is 0.235. The highest BCUT2D eigenvalue weighted by Gasteiger charge is 2.18. The number of aliphatic hydroxyl groups excluding tert-OH is 1. The Balaban J connectivity index is 1.90. The summed E-state index contributed by atoms with van der Waals surface area (Å²) < 4.78 is 15.9. The molecule has 1 atom stereocenters. The minimum Gasteiger partial charge on any atom is -0.849 e. The molecule has 0 aliphatic rings. The van der Waals surface area contributed by atoms with Crippen molar-refractivity contribution in [3.8, 4) is 0 Å². The molecule has 1 radical (unpaired) electrons. The quantitative estimate of drug-likeness (QED) is 0.349. The van der Waals surface area contributed by atoms with E-state index in [0.29, 0.717) is 11.0 Å². The van der Waals surface area contributed by atoms with Crippen LogP contribution in [0.25, 0.3) is 5.52 Å². The van der Waals surface area contributed by atoms with Gasteiger partial charge in [0.15, 0.2) is 5.69 Å². The maximum atomic E-state index is 14.4. The van der Waals surface area contributed by atoms with Crippen LogP contribution in [0.4, 0.5) is 15.9 Å². The van der Waals surface area contributed by atoms with Crippen molar-refractivity contribution >= 4 is 35.7 Å². The van der Waals surface area contributed by atoms with Gasteiger partial charge in [0.1, 0.15) is 25.2 Å². The lowest BCUT2D eigenvalue weighted by Gasteiger charge is -2.19. The largest absolute Gasteiger partial charge is 0.849 e. The molecule has 0 saturated carbocycles. The molecule has 3 rings (SSSR count). The third-order valence-corrected chi connectivity index (χ3v) is 3.89. The summed E-state index contributed by atoms with van der Waals surface area (Å²) in [5.41, 5.74) is 3.44. The van der Waals surface area contributed by atoms with Crippen LogP contribution in [0.5, 0.6) is 0 Å². The first-order chi connectivity index (χ1) is 13.5. The minimum atomic E-state index is -1.38. The number of hydrogen-bond acceptors (Lipinski definition) is 7. The number of imidazole rings is 1. The molecule has 3 N–H and O–H groups in total. The van der Waals surface area contributed by atoms with Crippen molar-refractivity contribution in [1.29, 1.82) is 0 Å². The summed E-state index contributed by atoms with van der Waals surface area (Å²) in [5.74, 6) is -1.08. The second-order valence-corrected chi connectivity index (χ2v) is 5.84. The van der Waals surface area contributed by atoms with Crippen LogP contribution in [0.1, 0.15) is 10.5 Å². The third kappa shape index (κ3) is 4.27. The number of halogens is 1. The molecule has 28 heavy (non-hydrogen) atoms. The Morgan fingerprint density at radius 2 is 2.29 bits per heavy atom. The van der Waals surface area contributed by atoms with Crippen LogP contribution in [-0.4, -0.2) is 52.0 Å². The number of rotatable bonds is 8. The fourth-order valence-corrected chi connectivity index (χ4v) is 2.42. The molecule has 0 saturated heterocycles. The molecule has 1 unspecified atom stereocenters. The summed E-state index contributed by atoms with van der Waals surface area (Å²) in [5, 5.41) is 22.7. The van der Waals surface area contributed by atoms with E-state index >= 15 is 0 Å². The first-order valence-electron chi connectivity index (χ1n) is 8.39. The fourth-order valence-electron chi connectivity index (χ4n) is 2.42. The van der Waals surface area contributed by atoms with E-state index < -0.39 is 31.0 Å². The number of carbonyl (C=O) groups is 1. The Kier molecular flexibility index (Phi) is 6.19. The normalized spacial score (nSPS) is 12.0. The molecule has 0 aliphatic carbocycles. The highest BCUT2D eigenvalue weighted by molar-refractivity contribution is 6.51. The van der Waals surface area contributed by atoms with Gasteiger partial charge in [-0.15, -0.1) is 0 Å². The molecule has 0 fully saturated rings. The average molecular weight is 385 g/mol. The molecule has 0 bridgehead atoms. The Bertz CT molecular complexity index is 983. The SMILES string of the molecule is C[B]c1ccc(Nc2c(C(=O)NOCC([O-])CO)ncc3cncn23)c(F)c1. The van der Waals surface area contributed by atoms with Gasteiger partial charge < -0.3 is 15.5 Å². The Morgan fingerprint density at radius 3 is 3.00 bits per heavy atom. The van der Waals surface area contributed by atoms with Gasteiger partial charge in [0.05, 0.1) is 30.2 Å². The lowest BCUT2D eigenvalue weighted by Crippen LogP contribution is -2.38. The van der Waals surface area contributed by atoms with Gasteiger partial charge in [-0.05, 0) is 12.1 Å². The summed E-state index contributed by atoms with van der Waals surface area (Å²) in [4.78, 5) is 25.3. The van der Waals surface area contributed by atoms with Crippen molar-refractivity contribution in [2.45, 2.75) is 12.9 Å². The van der Waals surface area contributed by atoms with Gasteiger partial charge in [-0.2, -0.15) is 0 Å². The molecule has 11 heteroatoms. The third-order valence-electron chi connectivity index (χ3n) is 3.89. The van der Waals surface area contributed by atoms with E-state index in [2.05, 4.69) is 20.8 Å². The first-order valence-corrected chi connectivity index (χ1v) is 8.39. The number of hydrogen-bond donors (Lipinski definition) is 3. The van der Waals surface area contributed by atoms with Crippen molar-refractivity contribution < 1.29 is 24.2 Å². The molecule has 9 nitrogen and oxygen atoms in total. The van der Waals surface area contributed by atoms with Gasteiger partial charge in [0, 0.05) is 6.61 Å². The van der Waals surface area contributed by atoms with Crippen molar-refractivity contribution in [2.24, 2.45) is 0 Å². The van der Waals surface area contributed by atoms with E-state index in [4.69, 9.17) is 9.94 Å². The lowest BCUT2D eigenvalue weighted by molar-refractivity contribution is -0.433. The van der Waals surface area contributed by atoms with Gasteiger partial charge in [-0.25, -0.2) is 19.8 Å². The number of benzene rings is 1. The predicted octanol–water partition coefficient (Wildman–Crippen LogP) is -0.628. The van der Waals surface area contributed by atoms with Crippen LogP contribution in [0.3, 0.4) is 0 Å². The number of nitrogens with zero attached hydrogens (tertiary/aromatic N) is 3. The van der Waals surface area contributed by atoms with Crippen molar-refractivity contribution in [3.63, 3.8) is 0 Å². The molecular formula is C17H17BFN5O4-. The zero-order valence-corrected chi connectivity index (χ0v) is 14.9. The van der Waals surface area contributed by atoms with Crippen LogP contribution in [0.2, 0.25) is 6.82 Å². The van der Waals surface area contributed by atoms with Crippen molar-refractivity contribution in [1.82, 2.24) is 19.8 Å². The number of fused-ring (bicyclic) bond motifs is 1. The lowest BCUT2D eigenvalue weighted by atomic mass is 9.73. The Hall–Kier alpha value is -3.02. The number of carbonyl (C=O) groups excluding carboxylic acids is 1. The Labute approximate surface area is 160 Å². The second kappa shape index (κ2) is 8.78. The van der Waals surface area contributed by atoms with Gasteiger partial charge in [-0.1, -0.05) is 24.5 Å². The topological polar surface area (TPSA) is 124 Å². The molecular weight excluding hydrogens is 368 g/mol. The zero-order chi connectivity index (χ0) is 20.1. The number of amides is 1. The van der Waals surface area contributed by atoms with E-state index in [1.807, 2.05) is 0 Å². The summed E-state index contributed by atoms with van der Waals surface area (Å²) in [6, 6.07) is 4.62. The second-order valence-electron chi connectivity index (χ2n) is 5.84. The molecule has 145 valence electrons. The van der Waals surface area contributed by atoms with Crippen LogP contribution >= 0.6 is 0 Å². The summed E-state index contributed by atoms with van der Waals surface area (Å²) in [6.45, 7) is 0.762. The molecule has 2 heterocycles. The standard InChI is InChI=1S/C17H17BFN5O4/c1-18-10-2-3-14(13(19)4-10)22-16-15(17(27)23-28-8-12(26)7-25)21-6-11-5-20-9-24(11)16/h2-6,9,12,22,25H,7-8H2,1H3,(H,23,27)/q-1. The number of aliphatic hydroxyl groups is 1.